The Labute approximate surface area is 106 Å². The molecule has 0 fully saturated rings. The monoisotopic (exact) mass is 252 g/mol. The third-order valence-electron chi connectivity index (χ3n) is 2.33. The third-order valence-corrected chi connectivity index (χ3v) is 2.49. The predicted molar refractivity (Wildman–Crippen MR) is 71.1 cm³/mol. The fourth-order valence-electron chi connectivity index (χ4n) is 1.38. The molecule has 0 aromatic heterocycles. The average molecular weight is 252 g/mol. The van der Waals surface area contributed by atoms with Crippen LogP contribution in [0.2, 0.25) is 0 Å². The third kappa shape index (κ3) is 4.40. The molecule has 1 atom stereocenters. The maximum Gasteiger partial charge on any atom is 0.248 e. The molecule has 0 aliphatic heterocycles. The molecule has 4 N–H and O–H groups in total. The summed E-state index contributed by atoms with van der Waals surface area (Å²) >= 11 is 4.85. The fraction of sp³-hybridized carbons (Fsp3) is 0.333. The molecule has 0 aliphatic rings. The molecule has 1 rings (SSSR count). The highest BCUT2D eigenvalue weighted by Crippen LogP contribution is 2.16. The summed E-state index contributed by atoms with van der Waals surface area (Å²) in [6.45, 7) is 2.00. The largest absolute Gasteiger partial charge is 0.490 e. The lowest BCUT2D eigenvalue weighted by Crippen LogP contribution is -2.23. The second-order valence-corrected chi connectivity index (χ2v) is 4.23. The summed E-state index contributed by atoms with van der Waals surface area (Å²) in [4.78, 5) is 11.3. The van der Waals surface area contributed by atoms with Gasteiger partial charge in [0.2, 0.25) is 5.91 Å². The van der Waals surface area contributed by atoms with Crippen LogP contribution in [-0.2, 0) is 0 Å². The van der Waals surface area contributed by atoms with Gasteiger partial charge in [0, 0.05) is 12.0 Å². The van der Waals surface area contributed by atoms with Gasteiger partial charge in [0.25, 0.3) is 0 Å². The molecule has 1 aromatic carbocycles. The van der Waals surface area contributed by atoms with Crippen molar-refractivity contribution in [2.45, 2.75) is 25.9 Å². The molecule has 1 amide bonds. The van der Waals surface area contributed by atoms with Crippen LogP contribution in [0.1, 0.15) is 30.1 Å². The van der Waals surface area contributed by atoms with Crippen molar-refractivity contribution in [1.29, 1.82) is 0 Å². The van der Waals surface area contributed by atoms with Crippen LogP contribution in [0.25, 0.3) is 0 Å². The Hall–Kier alpha value is -1.62. The van der Waals surface area contributed by atoms with Gasteiger partial charge in [0.05, 0.1) is 4.99 Å². The number of nitrogens with two attached hydrogens (primary N) is 2. The SMILES string of the molecule is CCC(CC(N)=S)Oc1ccc(C(N)=O)cc1. The molecule has 0 bridgehead atoms. The minimum Gasteiger partial charge on any atom is -0.490 e. The highest BCUT2D eigenvalue weighted by Gasteiger charge is 2.09. The summed E-state index contributed by atoms with van der Waals surface area (Å²) < 4.78 is 5.69. The molecule has 92 valence electrons. The van der Waals surface area contributed by atoms with Gasteiger partial charge in [0.1, 0.15) is 11.9 Å². The van der Waals surface area contributed by atoms with E-state index in [0.717, 1.165) is 6.42 Å². The average Bonchev–Trinajstić information content (AvgIpc) is 2.28. The molecular formula is C12H16N2O2S. The van der Waals surface area contributed by atoms with Crippen molar-refractivity contribution < 1.29 is 9.53 Å². The minimum absolute atomic E-state index is 0.0353. The lowest BCUT2D eigenvalue weighted by molar-refractivity contribution is 0.1000. The molecule has 0 saturated carbocycles. The summed E-state index contributed by atoms with van der Waals surface area (Å²) in [5.74, 6) is 0.227. The molecule has 17 heavy (non-hydrogen) atoms. The van der Waals surface area contributed by atoms with Gasteiger partial charge in [-0.3, -0.25) is 4.79 Å². The summed E-state index contributed by atoms with van der Waals surface area (Å²) in [6.07, 6.45) is 1.32. The number of hydrogen-bond acceptors (Lipinski definition) is 3. The molecule has 4 nitrogen and oxygen atoms in total. The molecule has 1 aromatic rings. The van der Waals surface area contributed by atoms with Crippen LogP contribution in [0.5, 0.6) is 5.75 Å². The van der Waals surface area contributed by atoms with Gasteiger partial charge < -0.3 is 16.2 Å². The lowest BCUT2D eigenvalue weighted by atomic mass is 10.2. The number of hydrogen-bond donors (Lipinski definition) is 2. The van der Waals surface area contributed by atoms with E-state index in [2.05, 4.69) is 0 Å². The Balaban J connectivity index is 2.67. The molecule has 0 spiro atoms. The van der Waals surface area contributed by atoms with Gasteiger partial charge in [-0.25, -0.2) is 0 Å². The highest BCUT2D eigenvalue weighted by molar-refractivity contribution is 7.80. The lowest BCUT2D eigenvalue weighted by Gasteiger charge is -2.16. The summed E-state index contributed by atoms with van der Waals surface area (Å²) in [6, 6.07) is 6.68. The standard InChI is InChI=1S/C12H16N2O2S/c1-2-9(7-11(13)17)16-10-5-3-8(4-6-10)12(14)15/h3-6,9H,2,7H2,1H3,(H2,13,17)(H2,14,15). The van der Waals surface area contributed by atoms with E-state index in [1.54, 1.807) is 24.3 Å². The first kappa shape index (κ1) is 13.4. The zero-order chi connectivity index (χ0) is 12.8. The molecule has 0 radical (unpaired) electrons. The van der Waals surface area contributed by atoms with Crippen molar-refractivity contribution in [1.82, 2.24) is 0 Å². The molecular weight excluding hydrogens is 236 g/mol. The molecule has 5 heteroatoms. The van der Waals surface area contributed by atoms with E-state index in [0.29, 0.717) is 22.7 Å². The Kier molecular flexibility index (Phi) is 4.90. The first-order valence-electron chi connectivity index (χ1n) is 5.37. The minimum atomic E-state index is -0.452. The van der Waals surface area contributed by atoms with Crippen molar-refractivity contribution >= 4 is 23.1 Å². The first-order chi connectivity index (χ1) is 8.02. The Bertz CT molecular complexity index is 403. The van der Waals surface area contributed by atoms with E-state index in [-0.39, 0.29) is 6.10 Å². The number of carbonyl (C=O) groups is 1. The van der Waals surface area contributed by atoms with E-state index < -0.39 is 5.91 Å². The zero-order valence-electron chi connectivity index (χ0n) is 9.68. The van der Waals surface area contributed by atoms with Crippen LogP contribution < -0.4 is 16.2 Å². The Morgan fingerprint density at radius 3 is 2.35 bits per heavy atom. The van der Waals surface area contributed by atoms with Crippen molar-refractivity contribution in [3.8, 4) is 5.75 Å². The Morgan fingerprint density at radius 2 is 1.94 bits per heavy atom. The van der Waals surface area contributed by atoms with Gasteiger partial charge in [-0.2, -0.15) is 0 Å². The van der Waals surface area contributed by atoms with E-state index in [1.807, 2.05) is 6.92 Å². The fourth-order valence-corrected chi connectivity index (χ4v) is 1.57. The van der Waals surface area contributed by atoms with Crippen LogP contribution >= 0.6 is 12.2 Å². The maximum absolute atomic E-state index is 10.9. The first-order valence-corrected chi connectivity index (χ1v) is 5.78. The summed E-state index contributed by atoms with van der Waals surface area (Å²) in [5, 5.41) is 0. The number of rotatable bonds is 6. The predicted octanol–water partition coefficient (Wildman–Crippen LogP) is 1.62. The van der Waals surface area contributed by atoms with Gasteiger partial charge in [-0.15, -0.1) is 0 Å². The molecule has 0 aliphatic carbocycles. The van der Waals surface area contributed by atoms with Crippen LogP contribution in [0.15, 0.2) is 24.3 Å². The zero-order valence-corrected chi connectivity index (χ0v) is 10.5. The van der Waals surface area contributed by atoms with Gasteiger partial charge >= 0.3 is 0 Å². The Morgan fingerprint density at radius 1 is 1.35 bits per heavy atom. The highest BCUT2D eigenvalue weighted by atomic mass is 32.1. The summed E-state index contributed by atoms with van der Waals surface area (Å²) in [5.41, 5.74) is 11.1. The van der Waals surface area contributed by atoms with Crippen LogP contribution in [-0.4, -0.2) is 17.0 Å². The number of benzene rings is 1. The quantitative estimate of drug-likeness (QED) is 0.754. The maximum atomic E-state index is 10.9. The second-order valence-electron chi connectivity index (χ2n) is 3.71. The van der Waals surface area contributed by atoms with E-state index >= 15 is 0 Å². The topological polar surface area (TPSA) is 78.3 Å². The number of thiocarbonyl (C=S) groups is 1. The van der Waals surface area contributed by atoms with Gasteiger partial charge in [0.15, 0.2) is 0 Å². The normalized spacial score (nSPS) is 11.8. The molecule has 0 heterocycles. The van der Waals surface area contributed by atoms with Crippen molar-refractivity contribution in [2.75, 3.05) is 0 Å². The van der Waals surface area contributed by atoms with Crippen LogP contribution in [0.4, 0.5) is 0 Å². The van der Waals surface area contributed by atoms with E-state index in [4.69, 9.17) is 28.4 Å². The van der Waals surface area contributed by atoms with Gasteiger partial charge in [-0.1, -0.05) is 19.1 Å². The van der Waals surface area contributed by atoms with Crippen molar-refractivity contribution in [2.24, 2.45) is 11.5 Å². The molecule has 0 saturated heterocycles. The molecule has 1 unspecified atom stereocenters. The van der Waals surface area contributed by atoms with Gasteiger partial charge in [-0.05, 0) is 30.7 Å². The summed E-state index contributed by atoms with van der Waals surface area (Å²) in [7, 11) is 0. The second kappa shape index (κ2) is 6.20. The van der Waals surface area contributed by atoms with E-state index in [1.165, 1.54) is 0 Å². The number of amides is 1. The number of ether oxygens (including phenoxy) is 1. The van der Waals surface area contributed by atoms with Crippen LogP contribution in [0, 0.1) is 0 Å². The number of carbonyl (C=O) groups excluding carboxylic acids is 1. The van der Waals surface area contributed by atoms with E-state index in [9.17, 15) is 4.79 Å². The van der Waals surface area contributed by atoms with Crippen molar-refractivity contribution in [3.05, 3.63) is 29.8 Å². The smallest absolute Gasteiger partial charge is 0.248 e. The number of primary amides is 1. The van der Waals surface area contributed by atoms with Crippen molar-refractivity contribution in [3.63, 3.8) is 0 Å². The van der Waals surface area contributed by atoms with Crippen LogP contribution in [0.3, 0.4) is 0 Å².